The van der Waals surface area contributed by atoms with E-state index in [1.807, 2.05) is 54.9 Å². The molecule has 4 rings (SSSR count). The summed E-state index contributed by atoms with van der Waals surface area (Å²) >= 11 is 0. The van der Waals surface area contributed by atoms with Crippen molar-refractivity contribution in [3.8, 4) is 0 Å². The first-order valence-corrected chi connectivity index (χ1v) is 7.64. The normalized spacial score (nSPS) is 11.2. The van der Waals surface area contributed by atoms with Gasteiger partial charge in [-0.3, -0.25) is 4.79 Å². The summed E-state index contributed by atoms with van der Waals surface area (Å²) in [7, 11) is 0. The van der Waals surface area contributed by atoms with E-state index in [9.17, 15) is 4.79 Å². The third kappa shape index (κ3) is 2.40. The first-order chi connectivity index (χ1) is 11.6. The predicted molar refractivity (Wildman–Crippen MR) is 88.8 cm³/mol. The molecule has 0 aliphatic rings. The van der Waals surface area contributed by atoms with E-state index in [-0.39, 0.29) is 5.91 Å². The number of fused-ring (bicyclic) bond motifs is 2. The Bertz CT molecular complexity index is 1030. The Balaban J connectivity index is 1.58. The molecule has 0 fully saturated rings. The van der Waals surface area contributed by atoms with Crippen LogP contribution in [0.1, 0.15) is 27.4 Å². The Kier molecular flexibility index (Phi) is 3.26. The molecule has 1 amide bonds. The molecule has 0 aromatic carbocycles. The highest BCUT2D eigenvalue weighted by atomic mass is 16.1. The molecule has 0 spiro atoms. The maximum absolute atomic E-state index is 12.5. The Morgan fingerprint density at radius 3 is 2.96 bits per heavy atom. The number of hydrogen-bond donors (Lipinski definition) is 1. The zero-order chi connectivity index (χ0) is 16.7. The molecule has 4 heterocycles. The summed E-state index contributed by atoms with van der Waals surface area (Å²) < 4.78 is 3.60. The van der Waals surface area contributed by atoms with Gasteiger partial charge in [0.25, 0.3) is 5.91 Å². The second-order valence-corrected chi connectivity index (χ2v) is 5.71. The first kappa shape index (κ1) is 14.4. The third-order valence-electron chi connectivity index (χ3n) is 3.87. The number of carbonyl (C=O) groups is 1. The molecule has 1 N–H and O–H groups in total. The lowest BCUT2D eigenvalue weighted by Crippen LogP contribution is -2.23. The lowest BCUT2D eigenvalue weighted by atomic mass is 10.3. The molecule has 0 radical (unpaired) electrons. The molecule has 0 atom stereocenters. The van der Waals surface area contributed by atoms with Gasteiger partial charge in [-0.2, -0.15) is 5.10 Å². The van der Waals surface area contributed by atoms with Gasteiger partial charge in [0.05, 0.1) is 18.4 Å². The lowest BCUT2D eigenvalue weighted by molar-refractivity contribution is 0.0952. The van der Waals surface area contributed by atoms with Crippen LogP contribution in [0.2, 0.25) is 0 Å². The minimum Gasteiger partial charge on any atom is -0.346 e. The van der Waals surface area contributed by atoms with E-state index in [4.69, 9.17) is 0 Å². The van der Waals surface area contributed by atoms with Crippen LogP contribution < -0.4 is 5.32 Å². The number of aryl methyl sites for hydroxylation is 2. The first-order valence-electron chi connectivity index (χ1n) is 7.64. The number of pyridine rings is 1. The van der Waals surface area contributed by atoms with E-state index in [0.717, 1.165) is 22.7 Å². The number of amides is 1. The van der Waals surface area contributed by atoms with Gasteiger partial charge in [0, 0.05) is 23.8 Å². The highest BCUT2D eigenvalue weighted by Crippen LogP contribution is 2.12. The number of imidazole rings is 1. The van der Waals surface area contributed by atoms with Crippen LogP contribution in [-0.2, 0) is 6.54 Å². The van der Waals surface area contributed by atoms with Gasteiger partial charge in [0.15, 0.2) is 5.65 Å². The summed E-state index contributed by atoms with van der Waals surface area (Å²) in [4.78, 5) is 21.4. The number of nitrogens with one attached hydrogen (secondary N) is 1. The fourth-order valence-electron chi connectivity index (χ4n) is 2.77. The second kappa shape index (κ2) is 5.45. The van der Waals surface area contributed by atoms with Crippen molar-refractivity contribution in [3.63, 3.8) is 0 Å². The predicted octanol–water partition coefficient (Wildman–Crippen LogP) is 1.92. The van der Waals surface area contributed by atoms with Crippen LogP contribution in [0.3, 0.4) is 0 Å². The minimum absolute atomic E-state index is 0.209. The summed E-state index contributed by atoms with van der Waals surface area (Å²) in [5.41, 5.74) is 4.48. The number of carbonyl (C=O) groups excluding carboxylic acids is 1. The van der Waals surface area contributed by atoms with Gasteiger partial charge in [-0.1, -0.05) is 6.07 Å². The molecule has 0 saturated heterocycles. The molecular formula is C17H16N6O. The standard InChI is InChI=1S/C17H16N6O/c1-11-7-12(2)23-16(20-11)14(9-19-23)17(24)18-8-13-10-22-6-4-3-5-15(22)21-13/h3-7,9-10H,8H2,1-2H3,(H,18,24). The fourth-order valence-corrected chi connectivity index (χ4v) is 2.77. The van der Waals surface area contributed by atoms with Crippen molar-refractivity contribution >= 4 is 17.2 Å². The van der Waals surface area contributed by atoms with E-state index < -0.39 is 0 Å². The Morgan fingerprint density at radius 2 is 2.12 bits per heavy atom. The van der Waals surface area contributed by atoms with E-state index in [0.29, 0.717) is 17.8 Å². The van der Waals surface area contributed by atoms with Crippen LogP contribution in [0.15, 0.2) is 42.9 Å². The number of aromatic nitrogens is 5. The summed E-state index contributed by atoms with van der Waals surface area (Å²) in [5.74, 6) is -0.209. The molecule has 0 aliphatic heterocycles. The topological polar surface area (TPSA) is 76.6 Å². The maximum Gasteiger partial charge on any atom is 0.257 e. The molecule has 7 nitrogen and oxygen atoms in total. The van der Waals surface area contributed by atoms with Gasteiger partial charge < -0.3 is 9.72 Å². The molecule has 0 aliphatic carbocycles. The van der Waals surface area contributed by atoms with Crippen molar-refractivity contribution in [1.29, 1.82) is 0 Å². The van der Waals surface area contributed by atoms with Gasteiger partial charge in [-0.25, -0.2) is 14.5 Å². The molecule has 24 heavy (non-hydrogen) atoms. The zero-order valence-corrected chi connectivity index (χ0v) is 13.4. The molecule has 120 valence electrons. The van der Waals surface area contributed by atoms with Gasteiger partial charge >= 0.3 is 0 Å². The summed E-state index contributed by atoms with van der Waals surface area (Å²) in [6, 6.07) is 7.72. The van der Waals surface area contributed by atoms with Crippen LogP contribution >= 0.6 is 0 Å². The van der Waals surface area contributed by atoms with Gasteiger partial charge in [0.1, 0.15) is 11.2 Å². The molecule has 4 aromatic heterocycles. The highest BCUT2D eigenvalue weighted by molar-refractivity contribution is 5.99. The van der Waals surface area contributed by atoms with Crippen molar-refractivity contribution in [3.05, 3.63) is 65.5 Å². The fraction of sp³-hybridized carbons (Fsp3) is 0.176. The number of hydrogen-bond acceptors (Lipinski definition) is 4. The van der Waals surface area contributed by atoms with Crippen molar-refractivity contribution in [2.75, 3.05) is 0 Å². The monoisotopic (exact) mass is 320 g/mol. The Labute approximate surface area is 138 Å². The van der Waals surface area contributed by atoms with E-state index in [1.165, 1.54) is 0 Å². The van der Waals surface area contributed by atoms with Crippen LogP contribution in [0, 0.1) is 13.8 Å². The maximum atomic E-state index is 12.5. The Morgan fingerprint density at radius 1 is 1.25 bits per heavy atom. The largest absolute Gasteiger partial charge is 0.346 e. The average molecular weight is 320 g/mol. The van der Waals surface area contributed by atoms with Crippen molar-refractivity contribution in [2.45, 2.75) is 20.4 Å². The lowest BCUT2D eigenvalue weighted by Gasteiger charge is -2.03. The SMILES string of the molecule is Cc1cc(C)n2ncc(C(=O)NCc3cn4ccccc4n3)c2n1. The molecule has 7 heteroatoms. The third-order valence-corrected chi connectivity index (χ3v) is 3.87. The van der Waals surface area contributed by atoms with Crippen molar-refractivity contribution < 1.29 is 4.79 Å². The zero-order valence-electron chi connectivity index (χ0n) is 13.4. The van der Waals surface area contributed by atoms with Crippen LogP contribution in [0.5, 0.6) is 0 Å². The van der Waals surface area contributed by atoms with E-state index in [1.54, 1.807) is 10.7 Å². The van der Waals surface area contributed by atoms with Gasteiger partial charge in [0.2, 0.25) is 0 Å². The minimum atomic E-state index is -0.209. The van der Waals surface area contributed by atoms with Crippen molar-refractivity contribution in [2.24, 2.45) is 0 Å². The number of nitrogens with zero attached hydrogens (tertiary/aromatic N) is 5. The van der Waals surface area contributed by atoms with Crippen LogP contribution in [0.25, 0.3) is 11.3 Å². The second-order valence-electron chi connectivity index (χ2n) is 5.71. The van der Waals surface area contributed by atoms with E-state index >= 15 is 0 Å². The average Bonchev–Trinajstić information content (AvgIpc) is 3.16. The Hall–Kier alpha value is -3.22. The molecular weight excluding hydrogens is 304 g/mol. The summed E-state index contributed by atoms with van der Waals surface area (Å²) in [6.07, 6.45) is 5.38. The van der Waals surface area contributed by atoms with Crippen molar-refractivity contribution in [1.82, 2.24) is 29.3 Å². The quantitative estimate of drug-likeness (QED) is 0.626. The van der Waals surface area contributed by atoms with Gasteiger partial charge in [-0.15, -0.1) is 0 Å². The van der Waals surface area contributed by atoms with Gasteiger partial charge in [-0.05, 0) is 32.0 Å². The number of rotatable bonds is 3. The van der Waals surface area contributed by atoms with Crippen LogP contribution in [-0.4, -0.2) is 29.9 Å². The molecule has 0 bridgehead atoms. The van der Waals surface area contributed by atoms with E-state index in [2.05, 4.69) is 20.4 Å². The highest BCUT2D eigenvalue weighted by Gasteiger charge is 2.15. The van der Waals surface area contributed by atoms with Crippen LogP contribution in [0.4, 0.5) is 0 Å². The smallest absolute Gasteiger partial charge is 0.257 e. The molecule has 4 aromatic rings. The molecule has 0 unspecified atom stereocenters. The summed E-state index contributed by atoms with van der Waals surface area (Å²) in [6.45, 7) is 4.19. The molecule has 0 saturated carbocycles. The summed E-state index contributed by atoms with van der Waals surface area (Å²) in [5, 5.41) is 7.13.